The number of hydrogen-bond acceptors (Lipinski definition) is 2. The third-order valence-electron chi connectivity index (χ3n) is 3.59. The summed E-state index contributed by atoms with van der Waals surface area (Å²) >= 11 is 0. The summed E-state index contributed by atoms with van der Waals surface area (Å²) in [6, 6.07) is 8.34. The molecular formula is C16H21NO. The van der Waals surface area contributed by atoms with Crippen LogP contribution in [0.15, 0.2) is 28.7 Å². The summed E-state index contributed by atoms with van der Waals surface area (Å²) in [6.07, 6.45) is 0.958. The number of pyridine rings is 1. The van der Waals surface area contributed by atoms with Gasteiger partial charge < -0.3 is 4.42 Å². The predicted molar refractivity (Wildman–Crippen MR) is 73.9 cm³/mol. The molecular weight excluding hydrogens is 222 g/mol. The minimum Gasteiger partial charge on any atom is -0.465 e. The van der Waals surface area contributed by atoms with E-state index in [1.165, 1.54) is 5.56 Å². The van der Waals surface area contributed by atoms with E-state index in [1.54, 1.807) is 0 Å². The SMILES string of the molecule is CCc1cccc(C(C)(C)c2cc(C)c(C)o2)n1. The summed E-state index contributed by atoms with van der Waals surface area (Å²) in [5.74, 6) is 1.97. The monoisotopic (exact) mass is 243 g/mol. The summed E-state index contributed by atoms with van der Waals surface area (Å²) in [5, 5.41) is 0. The van der Waals surface area contributed by atoms with Crippen LogP contribution >= 0.6 is 0 Å². The highest BCUT2D eigenvalue weighted by Gasteiger charge is 2.28. The lowest BCUT2D eigenvalue weighted by Gasteiger charge is -2.22. The molecule has 2 heteroatoms. The van der Waals surface area contributed by atoms with Crippen molar-refractivity contribution in [2.24, 2.45) is 0 Å². The number of aryl methyl sites for hydroxylation is 3. The first-order chi connectivity index (χ1) is 8.45. The summed E-state index contributed by atoms with van der Waals surface area (Å²) in [6.45, 7) is 10.5. The van der Waals surface area contributed by atoms with Crippen LogP contribution in [-0.4, -0.2) is 4.98 Å². The Morgan fingerprint density at radius 2 is 1.94 bits per heavy atom. The summed E-state index contributed by atoms with van der Waals surface area (Å²) in [5.41, 5.74) is 3.20. The Bertz CT molecular complexity index is 532. The molecule has 0 unspecified atom stereocenters. The Hall–Kier alpha value is -1.57. The van der Waals surface area contributed by atoms with E-state index in [1.807, 2.05) is 6.92 Å². The molecule has 96 valence electrons. The van der Waals surface area contributed by atoms with Gasteiger partial charge in [0.2, 0.25) is 0 Å². The van der Waals surface area contributed by atoms with Gasteiger partial charge in [0, 0.05) is 5.69 Å². The second kappa shape index (κ2) is 4.60. The van der Waals surface area contributed by atoms with Gasteiger partial charge in [0.1, 0.15) is 11.5 Å². The van der Waals surface area contributed by atoms with Gasteiger partial charge in [-0.2, -0.15) is 0 Å². The molecule has 0 aromatic carbocycles. The summed E-state index contributed by atoms with van der Waals surface area (Å²) in [4.78, 5) is 4.72. The van der Waals surface area contributed by atoms with Crippen LogP contribution in [0.25, 0.3) is 0 Å². The van der Waals surface area contributed by atoms with Crippen LogP contribution in [0.3, 0.4) is 0 Å². The van der Waals surface area contributed by atoms with E-state index in [9.17, 15) is 0 Å². The van der Waals surface area contributed by atoms with E-state index in [2.05, 4.69) is 52.0 Å². The lowest BCUT2D eigenvalue weighted by Crippen LogP contribution is -2.20. The van der Waals surface area contributed by atoms with Crippen molar-refractivity contribution in [2.45, 2.75) is 46.5 Å². The molecule has 2 rings (SSSR count). The summed E-state index contributed by atoms with van der Waals surface area (Å²) < 4.78 is 5.87. The van der Waals surface area contributed by atoms with E-state index in [0.29, 0.717) is 0 Å². The van der Waals surface area contributed by atoms with Crippen molar-refractivity contribution in [2.75, 3.05) is 0 Å². The first kappa shape index (κ1) is 12.9. The van der Waals surface area contributed by atoms with Gasteiger partial charge in [-0.1, -0.05) is 13.0 Å². The third kappa shape index (κ3) is 2.20. The minimum atomic E-state index is -0.190. The molecule has 0 aliphatic carbocycles. The van der Waals surface area contributed by atoms with E-state index in [4.69, 9.17) is 9.40 Å². The lowest BCUT2D eigenvalue weighted by molar-refractivity contribution is 0.407. The van der Waals surface area contributed by atoms with Crippen LogP contribution in [0.1, 0.15) is 49.2 Å². The smallest absolute Gasteiger partial charge is 0.116 e. The van der Waals surface area contributed by atoms with Gasteiger partial charge >= 0.3 is 0 Å². The van der Waals surface area contributed by atoms with Gasteiger partial charge in [-0.25, -0.2) is 0 Å². The highest BCUT2D eigenvalue weighted by molar-refractivity contribution is 5.32. The number of furan rings is 1. The highest BCUT2D eigenvalue weighted by Crippen LogP contribution is 2.32. The average Bonchev–Trinajstić information content (AvgIpc) is 2.70. The molecule has 0 atom stereocenters. The molecule has 2 nitrogen and oxygen atoms in total. The van der Waals surface area contributed by atoms with Crippen LogP contribution in [0.5, 0.6) is 0 Å². The fourth-order valence-electron chi connectivity index (χ4n) is 2.03. The second-order valence-corrected chi connectivity index (χ2v) is 5.34. The van der Waals surface area contributed by atoms with E-state index in [0.717, 1.165) is 29.3 Å². The Kier molecular flexibility index (Phi) is 3.29. The van der Waals surface area contributed by atoms with Crippen LogP contribution in [0.4, 0.5) is 0 Å². The number of hydrogen-bond donors (Lipinski definition) is 0. The van der Waals surface area contributed by atoms with Crippen molar-refractivity contribution < 1.29 is 4.42 Å². The Morgan fingerprint density at radius 1 is 1.22 bits per heavy atom. The Labute approximate surface area is 109 Å². The molecule has 0 N–H and O–H groups in total. The van der Waals surface area contributed by atoms with Crippen LogP contribution in [0.2, 0.25) is 0 Å². The third-order valence-corrected chi connectivity index (χ3v) is 3.59. The zero-order valence-corrected chi connectivity index (χ0v) is 11.9. The zero-order valence-electron chi connectivity index (χ0n) is 11.9. The number of rotatable bonds is 3. The molecule has 0 fully saturated rings. The molecule has 0 aliphatic rings. The lowest BCUT2D eigenvalue weighted by atomic mass is 9.85. The van der Waals surface area contributed by atoms with Crippen LogP contribution in [-0.2, 0) is 11.8 Å². The maximum atomic E-state index is 5.87. The van der Waals surface area contributed by atoms with Crippen LogP contribution < -0.4 is 0 Å². The predicted octanol–water partition coefficient (Wildman–Crippen LogP) is 4.18. The molecule has 0 bridgehead atoms. The van der Waals surface area contributed by atoms with Gasteiger partial charge in [-0.3, -0.25) is 4.98 Å². The number of nitrogens with zero attached hydrogens (tertiary/aromatic N) is 1. The van der Waals surface area contributed by atoms with Crippen molar-refractivity contribution in [3.05, 3.63) is 52.7 Å². The number of aromatic nitrogens is 1. The molecule has 0 aliphatic heterocycles. The zero-order chi connectivity index (χ0) is 13.3. The average molecular weight is 243 g/mol. The van der Waals surface area contributed by atoms with E-state index < -0.39 is 0 Å². The van der Waals surface area contributed by atoms with E-state index in [-0.39, 0.29) is 5.41 Å². The van der Waals surface area contributed by atoms with Crippen molar-refractivity contribution in [3.8, 4) is 0 Å². The molecule has 2 aromatic rings. The fraction of sp³-hybridized carbons (Fsp3) is 0.438. The molecule has 0 spiro atoms. The second-order valence-electron chi connectivity index (χ2n) is 5.34. The van der Waals surface area contributed by atoms with Gasteiger partial charge in [0.05, 0.1) is 11.1 Å². The fourth-order valence-corrected chi connectivity index (χ4v) is 2.03. The van der Waals surface area contributed by atoms with Gasteiger partial charge in [0.25, 0.3) is 0 Å². The molecule has 2 heterocycles. The largest absolute Gasteiger partial charge is 0.465 e. The van der Waals surface area contributed by atoms with Gasteiger partial charge in [0.15, 0.2) is 0 Å². The molecule has 18 heavy (non-hydrogen) atoms. The summed E-state index contributed by atoms with van der Waals surface area (Å²) in [7, 11) is 0. The minimum absolute atomic E-state index is 0.190. The first-order valence-electron chi connectivity index (χ1n) is 6.49. The molecule has 0 amide bonds. The molecule has 0 saturated carbocycles. The normalized spacial score (nSPS) is 11.8. The van der Waals surface area contributed by atoms with Crippen molar-refractivity contribution in [1.29, 1.82) is 0 Å². The van der Waals surface area contributed by atoms with Crippen molar-refractivity contribution in [1.82, 2.24) is 4.98 Å². The first-order valence-corrected chi connectivity index (χ1v) is 6.49. The molecule has 0 saturated heterocycles. The van der Waals surface area contributed by atoms with Crippen molar-refractivity contribution in [3.63, 3.8) is 0 Å². The quantitative estimate of drug-likeness (QED) is 0.808. The molecule has 0 radical (unpaired) electrons. The maximum Gasteiger partial charge on any atom is 0.116 e. The van der Waals surface area contributed by atoms with E-state index >= 15 is 0 Å². The maximum absolute atomic E-state index is 5.87. The highest BCUT2D eigenvalue weighted by atomic mass is 16.3. The van der Waals surface area contributed by atoms with Crippen LogP contribution in [0, 0.1) is 13.8 Å². The standard InChI is InChI=1S/C16H21NO/c1-6-13-8-7-9-14(17-13)16(4,5)15-10-11(2)12(3)18-15/h7-10H,6H2,1-5H3. The van der Waals surface area contributed by atoms with Crippen molar-refractivity contribution >= 4 is 0 Å². The topological polar surface area (TPSA) is 26.0 Å². The Balaban J connectivity index is 2.46. The van der Waals surface area contributed by atoms with Gasteiger partial charge in [-0.15, -0.1) is 0 Å². The van der Waals surface area contributed by atoms with Gasteiger partial charge in [-0.05, 0) is 57.9 Å². The Morgan fingerprint density at radius 3 is 2.50 bits per heavy atom. The molecule has 2 aromatic heterocycles.